The van der Waals surface area contributed by atoms with Gasteiger partial charge in [-0.15, -0.1) is 0 Å². The van der Waals surface area contributed by atoms with E-state index < -0.39 is 0 Å². The highest BCUT2D eigenvalue weighted by molar-refractivity contribution is 9.10. The number of para-hydroxylation sites is 1. The predicted molar refractivity (Wildman–Crippen MR) is 87.0 cm³/mol. The first-order valence-corrected chi connectivity index (χ1v) is 7.42. The molecular weight excluding hydrogens is 314 g/mol. The largest absolute Gasteiger partial charge is 0.370 e. The molecule has 0 amide bonds. The number of hydrogen-bond acceptors (Lipinski definition) is 1. The van der Waals surface area contributed by atoms with E-state index in [-0.39, 0.29) is 0 Å². The van der Waals surface area contributed by atoms with Crippen molar-refractivity contribution in [1.82, 2.24) is 0 Å². The fourth-order valence-electron chi connectivity index (χ4n) is 2.27. The minimum atomic E-state index is 0.299. The maximum absolute atomic E-state index is 5.94. The van der Waals surface area contributed by atoms with E-state index in [9.17, 15) is 0 Å². The molecule has 102 valence electrons. The molecule has 0 heterocycles. The van der Waals surface area contributed by atoms with Crippen LogP contribution in [-0.4, -0.2) is 12.0 Å². The normalized spacial score (nSPS) is 21.6. The molecule has 1 aliphatic rings. The van der Waals surface area contributed by atoms with Crippen molar-refractivity contribution in [2.24, 2.45) is 10.7 Å². The number of nitrogens with two attached hydrogens (primary N) is 1. The summed E-state index contributed by atoms with van der Waals surface area (Å²) in [5, 5.41) is 3.11. The molecule has 2 atom stereocenters. The van der Waals surface area contributed by atoms with Crippen LogP contribution in [0.3, 0.4) is 0 Å². The van der Waals surface area contributed by atoms with Crippen molar-refractivity contribution in [3.63, 3.8) is 0 Å². The van der Waals surface area contributed by atoms with Crippen LogP contribution in [0.15, 0.2) is 64.1 Å². The summed E-state index contributed by atoms with van der Waals surface area (Å²) in [6.45, 7) is 0. The molecule has 1 saturated carbocycles. The van der Waals surface area contributed by atoms with Gasteiger partial charge in [-0.3, -0.25) is 0 Å². The Labute approximate surface area is 127 Å². The summed E-state index contributed by atoms with van der Waals surface area (Å²) < 4.78 is 1.10. The van der Waals surface area contributed by atoms with Gasteiger partial charge in [0.2, 0.25) is 0 Å². The van der Waals surface area contributed by atoms with Gasteiger partial charge >= 0.3 is 0 Å². The van der Waals surface area contributed by atoms with Gasteiger partial charge in [0.1, 0.15) is 0 Å². The maximum Gasteiger partial charge on any atom is 0.193 e. The molecule has 20 heavy (non-hydrogen) atoms. The van der Waals surface area contributed by atoms with Gasteiger partial charge in [-0.1, -0.05) is 46.3 Å². The molecule has 4 heteroatoms. The molecule has 2 aromatic carbocycles. The third-order valence-corrected chi connectivity index (χ3v) is 3.93. The van der Waals surface area contributed by atoms with Crippen LogP contribution >= 0.6 is 15.9 Å². The van der Waals surface area contributed by atoms with Crippen molar-refractivity contribution in [2.75, 3.05) is 5.32 Å². The molecular formula is C16H16BrN3. The third-order valence-electron chi connectivity index (χ3n) is 3.41. The lowest BCUT2D eigenvalue weighted by atomic mass is 10.1. The van der Waals surface area contributed by atoms with E-state index in [0.29, 0.717) is 17.9 Å². The molecule has 3 nitrogen and oxygen atoms in total. The van der Waals surface area contributed by atoms with E-state index in [1.54, 1.807) is 0 Å². The summed E-state index contributed by atoms with van der Waals surface area (Å²) in [6, 6.07) is 18.6. The minimum absolute atomic E-state index is 0.299. The monoisotopic (exact) mass is 329 g/mol. The highest BCUT2D eigenvalue weighted by atomic mass is 79.9. The zero-order valence-electron chi connectivity index (χ0n) is 11.0. The number of nitrogens with zero attached hydrogens (tertiary/aromatic N) is 1. The molecule has 3 rings (SSSR count). The Balaban J connectivity index is 1.62. The highest BCUT2D eigenvalue weighted by Gasteiger charge is 2.38. The highest BCUT2D eigenvalue weighted by Crippen LogP contribution is 2.43. The second-order valence-corrected chi connectivity index (χ2v) is 5.88. The van der Waals surface area contributed by atoms with Crippen LogP contribution in [0.25, 0.3) is 0 Å². The second-order valence-electron chi connectivity index (χ2n) is 4.97. The van der Waals surface area contributed by atoms with Gasteiger partial charge < -0.3 is 11.1 Å². The van der Waals surface area contributed by atoms with Crippen LogP contribution < -0.4 is 11.1 Å². The molecule has 2 aromatic rings. The summed E-state index contributed by atoms with van der Waals surface area (Å²) in [4.78, 5) is 4.54. The van der Waals surface area contributed by atoms with E-state index >= 15 is 0 Å². The van der Waals surface area contributed by atoms with Crippen LogP contribution in [0.5, 0.6) is 0 Å². The van der Waals surface area contributed by atoms with Gasteiger partial charge in [0.05, 0.1) is 6.04 Å². The Morgan fingerprint density at radius 2 is 1.80 bits per heavy atom. The smallest absolute Gasteiger partial charge is 0.193 e. The van der Waals surface area contributed by atoms with E-state index in [0.717, 1.165) is 16.6 Å². The van der Waals surface area contributed by atoms with Gasteiger partial charge in [0.15, 0.2) is 5.96 Å². The molecule has 2 unspecified atom stereocenters. The average Bonchev–Trinajstić information content (AvgIpc) is 3.19. The van der Waals surface area contributed by atoms with E-state index in [1.165, 1.54) is 5.56 Å². The number of benzene rings is 2. The summed E-state index contributed by atoms with van der Waals surface area (Å²) in [7, 11) is 0. The van der Waals surface area contributed by atoms with Crippen molar-refractivity contribution in [1.29, 1.82) is 0 Å². The SMILES string of the molecule is NC(=NC1CC1c1ccc(Br)cc1)Nc1ccccc1. The minimum Gasteiger partial charge on any atom is -0.370 e. The number of nitrogens with one attached hydrogen (secondary N) is 1. The average molecular weight is 330 g/mol. The molecule has 1 fully saturated rings. The van der Waals surface area contributed by atoms with E-state index in [2.05, 4.69) is 50.5 Å². The maximum atomic E-state index is 5.94. The van der Waals surface area contributed by atoms with Crippen molar-refractivity contribution in [3.05, 3.63) is 64.6 Å². The molecule has 0 bridgehead atoms. The number of rotatable bonds is 3. The predicted octanol–water partition coefficient (Wildman–Crippen LogP) is 3.73. The van der Waals surface area contributed by atoms with Gasteiger partial charge in [-0.2, -0.15) is 0 Å². The number of anilines is 1. The first kappa shape index (κ1) is 13.2. The van der Waals surface area contributed by atoms with Crippen LogP contribution in [0.4, 0.5) is 5.69 Å². The van der Waals surface area contributed by atoms with Crippen molar-refractivity contribution in [3.8, 4) is 0 Å². The van der Waals surface area contributed by atoms with Gasteiger partial charge in [-0.05, 0) is 36.2 Å². The van der Waals surface area contributed by atoms with Crippen LogP contribution in [0.1, 0.15) is 17.9 Å². The van der Waals surface area contributed by atoms with Crippen molar-refractivity contribution >= 4 is 27.6 Å². The lowest BCUT2D eigenvalue weighted by Gasteiger charge is -2.05. The summed E-state index contributed by atoms with van der Waals surface area (Å²) in [5.74, 6) is 0.986. The van der Waals surface area contributed by atoms with Gasteiger partial charge in [-0.25, -0.2) is 4.99 Å². The fraction of sp³-hybridized carbons (Fsp3) is 0.188. The zero-order valence-corrected chi connectivity index (χ0v) is 12.5. The Bertz CT molecular complexity index is 607. The van der Waals surface area contributed by atoms with E-state index in [4.69, 9.17) is 5.73 Å². The fourth-order valence-corrected chi connectivity index (χ4v) is 2.54. The first-order valence-electron chi connectivity index (χ1n) is 6.63. The van der Waals surface area contributed by atoms with Crippen molar-refractivity contribution in [2.45, 2.75) is 18.4 Å². The molecule has 0 saturated heterocycles. The molecule has 3 N–H and O–H groups in total. The molecule has 1 aliphatic carbocycles. The van der Waals surface area contributed by atoms with Crippen LogP contribution in [0.2, 0.25) is 0 Å². The third kappa shape index (κ3) is 3.20. The molecule has 0 aromatic heterocycles. The summed E-state index contributed by atoms with van der Waals surface area (Å²) in [5.41, 5.74) is 8.24. The van der Waals surface area contributed by atoms with Crippen molar-refractivity contribution < 1.29 is 0 Å². The first-order chi connectivity index (χ1) is 9.72. The Morgan fingerprint density at radius 1 is 1.10 bits per heavy atom. The van der Waals surface area contributed by atoms with Gasteiger partial charge in [0.25, 0.3) is 0 Å². The van der Waals surface area contributed by atoms with Crippen LogP contribution in [0, 0.1) is 0 Å². The summed E-state index contributed by atoms with van der Waals surface area (Å²) >= 11 is 3.45. The lowest BCUT2D eigenvalue weighted by Crippen LogP contribution is -2.23. The number of guanidine groups is 1. The standard InChI is InChI=1S/C16H16BrN3/c17-12-8-6-11(7-9-12)14-10-15(14)20-16(18)19-13-4-2-1-3-5-13/h1-9,14-15H,10H2,(H3,18,19,20). The summed E-state index contributed by atoms with van der Waals surface area (Å²) in [6.07, 6.45) is 1.07. The lowest BCUT2D eigenvalue weighted by molar-refractivity contribution is 0.984. The molecule has 0 spiro atoms. The Kier molecular flexibility index (Phi) is 3.74. The van der Waals surface area contributed by atoms with Crippen LogP contribution in [-0.2, 0) is 0 Å². The zero-order chi connectivity index (χ0) is 13.9. The number of halogens is 1. The molecule has 0 aliphatic heterocycles. The molecule has 0 radical (unpaired) electrons. The Morgan fingerprint density at radius 3 is 2.50 bits per heavy atom. The topological polar surface area (TPSA) is 50.4 Å². The quantitative estimate of drug-likeness (QED) is 0.665. The van der Waals surface area contributed by atoms with Gasteiger partial charge in [0, 0.05) is 16.1 Å². The van der Waals surface area contributed by atoms with E-state index in [1.807, 2.05) is 30.3 Å². The second kappa shape index (κ2) is 5.67. The number of aliphatic imine (C=N–C) groups is 1. The Hall–Kier alpha value is -1.81. The number of hydrogen-bond donors (Lipinski definition) is 2.